The normalized spacial score (nSPS) is 26.1. The quantitative estimate of drug-likeness (QED) is 0.774. The summed E-state index contributed by atoms with van der Waals surface area (Å²) in [6.07, 6.45) is 5.04. The van der Waals surface area contributed by atoms with Crippen LogP contribution in [0.15, 0.2) is 24.3 Å². The molecule has 3 fully saturated rings. The lowest BCUT2D eigenvalue weighted by atomic mass is 9.91. The molecule has 1 aliphatic carbocycles. The van der Waals surface area contributed by atoms with Crippen LogP contribution in [0.2, 0.25) is 0 Å². The molecule has 6 nitrogen and oxygen atoms in total. The molecule has 158 valence electrons. The van der Waals surface area contributed by atoms with E-state index in [0.29, 0.717) is 24.8 Å². The van der Waals surface area contributed by atoms with Gasteiger partial charge in [-0.05, 0) is 43.5 Å². The van der Waals surface area contributed by atoms with Crippen molar-refractivity contribution in [1.82, 2.24) is 14.7 Å². The number of ether oxygens (including phenoxy) is 1. The van der Waals surface area contributed by atoms with Crippen molar-refractivity contribution in [2.45, 2.75) is 57.2 Å². The Kier molecular flexibility index (Phi) is 6.04. The van der Waals surface area contributed by atoms with Crippen molar-refractivity contribution < 1.29 is 18.7 Å². The third kappa shape index (κ3) is 4.55. The van der Waals surface area contributed by atoms with Gasteiger partial charge >= 0.3 is 0 Å². The van der Waals surface area contributed by atoms with E-state index in [-0.39, 0.29) is 23.7 Å². The molecule has 0 bridgehead atoms. The molecule has 4 rings (SSSR count). The summed E-state index contributed by atoms with van der Waals surface area (Å²) in [6.45, 7) is 5.31. The van der Waals surface area contributed by atoms with Gasteiger partial charge in [0, 0.05) is 45.6 Å². The number of carbonyl (C=O) groups excluding carboxylic acids is 2. The number of hydrogen-bond acceptors (Lipinski definition) is 4. The number of amides is 2. The number of rotatable bonds is 4. The van der Waals surface area contributed by atoms with Gasteiger partial charge in [-0.25, -0.2) is 4.39 Å². The zero-order chi connectivity index (χ0) is 20.4. The van der Waals surface area contributed by atoms with Gasteiger partial charge in [-0.1, -0.05) is 6.42 Å². The van der Waals surface area contributed by atoms with E-state index < -0.39 is 6.04 Å². The van der Waals surface area contributed by atoms with E-state index >= 15 is 0 Å². The minimum absolute atomic E-state index is 0.0286. The van der Waals surface area contributed by atoms with E-state index in [1.54, 1.807) is 17.0 Å². The maximum absolute atomic E-state index is 13.3. The summed E-state index contributed by atoms with van der Waals surface area (Å²) in [5, 5.41) is 0. The minimum Gasteiger partial charge on any atom is -0.488 e. The maximum Gasteiger partial charge on any atom is 0.245 e. The van der Waals surface area contributed by atoms with E-state index in [1.165, 1.54) is 38.3 Å². The molecule has 1 saturated carbocycles. The van der Waals surface area contributed by atoms with Crippen molar-refractivity contribution in [3.63, 3.8) is 0 Å². The second-order valence-corrected chi connectivity index (χ2v) is 8.42. The molecule has 0 unspecified atom stereocenters. The summed E-state index contributed by atoms with van der Waals surface area (Å²) in [4.78, 5) is 31.5. The highest BCUT2D eigenvalue weighted by Crippen LogP contribution is 2.27. The molecular formula is C22H30FN3O3. The highest BCUT2D eigenvalue weighted by Gasteiger charge is 2.41. The molecule has 2 amide bonds. The molecule has 0 spiro atoms. The molecule has 1 aromatic carbocycles. The Hall–Kier alpha value is -2.15. The van der Waals surface area contributed by atoms with E-state index in [0.717, 1.165) is 32.6 Å². The Morgan fingerprint density at radius 2 is 1.79 bits per heavy atom. The van der Waals surface area contributed by atoms with E-state index in [9.17, 15) is 14.0 Å². The summed E-state index contributed by atoms with van der Waals surface area (Å²) >= 11 is 0. The largest absolute Gasteiger partial charge is 0.488 e. The summed E-state index contributed by atoms with van der Waals surface area (Å²) in [7, 11) is 0. The van der Waals surface area contributed by atoms with Crippen molar-refractivity contribution in [2.24, 2.45) is 0 Å². The predicted molar refractivity (Wildman–Crippen MR) is 107 cm³/mol. The molecule has 2 saturated heterocycles. The fraction of sp³-hybridized carbons (Fsp3) is 0.636. The molecule has 2 heterocycles. The first-order chi connectivity index (χ1) is 14.0. The van der Waals surface area contributed by atoms with E-state index in [2.05, 4.69) is 4.90 Å². The van der Waals surface area contributed by atoms with Crippen LogP contribution in [-0.2, 0) is 9.59 Å². The van der Waals surface area contributed by atoms with Crippen molar-refractivity contribution in [3.05, 3.63) is 30.1 Å². The number of nitrogens with zero attached hydrogens (tertiary/aromatic N) is 3. The third-order valence-electron chi connectivity index (χ3n) is 6.50. The number of likely N-dealkylation sites (tertiary alicyclic amines) is 1. The first kappa shape index (κ1) is 20.1. The average molecular weight is 403 g/mol. The monoisotopic (exact) mass is 403 g/mol. The fourth-order valence-electron chi connectivity index (χ4n) is 4.66. The molecule has 0 N–H and O–H groups in total. The van der Waals surface area contributed by atoms with Crippen LogP contribution in [0.25, 0.3) is 0 Å². The number of hydrogen-bond donors (Lipinski definition) is 0. The van der Waals surface area contributed by atoms with Crippen LogP contribution in [0.3, 0.4) is 0 Å². The van der Waals surface area contributed by atoms with Gasteiger partial charge in [-0.3, -0.25) is 14.5 Å². The second kappa shape index (κ2) is 8.69. The van der Waals surface area contributed by atoms with Gasteiger partial charge in [0.2, 0.25) is 11.8 Å². The molecule has 1 aromatic rings. The fourth-order valence-corrected chi connectivity index (χ4v) is 4.66. The van der Waals surface area contributed by atoms with Crippen LogP contribution in [0, 0.1) is 5.82 Å². The molecule has 29 heavy (non-hydrogen) atoms. The van der Waals surface area contributed by atoms with Gasteiger partial charge in [-0.15, -0.1) is 0 Å². The Morgan fingerprint density at radius 3 is 2.45 bits per heavy atom. The molecular weight excluding hydrogens is 373 g/mol. The zero-order valence-corrected chi connectivity index (χ0v) is 17.1. The Labute approximate surface area is 171 Å². The van der Waals surface area contributed by atoms with Crippen LogP contribution < -0.4 is 4.74 Å². The lowest BCUT2D eigenvalue weighted by molar-refractivity contribution is -0.142. The Bertz CT molecular complexity index is 737. The third-order valence-corrected chi connectivity index (χ3v) is 6.50. The van der Waals surface area contributed by atoms with Crippen molar-refractivity contribution >= 4 is 11.8 Å². The van der Waals surface area contributed by atoms with Gasteiger partial charge in [0.15, 0.2) is 0 Å². The van der Waals surface area contributed by atoms with Crippen molar-refractivity contribution in [1.29, 1.82) is 0 Å². The van der Waals surface area contributed by atoms with Crippen LogP contribution in [-0.4, -0.2) is 77.4 Å². The zero-order valence-electron chi connectivity index (χ0n) is 17.1. The van der Waals surface area contributed by atoms with Crippen molar-refractivity contribution in [3.8, 4) is 5.75 Å². The lowest BCUT2D eigenvalue weighted by Gasteiger charge is -2.36. The molecule has 0 radical (unpaired) electrons. The highest BCUT2D eigenvalue weighted by atomic mass is 19.1. The van der Waals surface area contributed by atoms with Gasteiger partial charge in [0.25, 0.3) is 0 Å². The van der Waals surface area contributed by atoms with Gasteiger partial charge < -0.3 is 14.5 Å². The predicted octanol–water partition coefficient (Wildman–Crippen LogP) is 2.28. The van der Waals surface area contributed by atoms with Crippen LogP contribution >= 0.6 is 0 Å². The van der Waals surface area contributed by atoms with Crippen LogP contribution in [0.5, 0.6) is 5.75 Å². The molecule has 7 heteroatoms. The van der Waals surface area contributed by atoms with Gasteiger partial charge in [0.05, 0.1) is 6.54 Å². The maximum atomic E-state index is 13.3. The smallest absolute Gasteiger partial charge is 0.245 e. The summed E-state index contributed by atoms with van der Waals surface area (Å²) in [5.74, 6) is 0.151. The van der Waals surface area contributed by atoms with Crippen LogP contribution in [0.4, 0.5) is 4.39 Å². The Morgan fingerprint density at radius 1 is 1.03 bits per heavy atom. The average Bonchev–Trinajstić information content (AvgIpc) is 2.93. The topological polar surface area (TPSA) is 53.1 Å². The van der Waals surface area contributed by atoms with Crippen LogP contribution in [0.1, 0.15) is 39.0 Å². The molecule has 3 aliphatic rings. The number of carbonyl (C=O) groups is 2. The minimum atomic E-state index is -0.479. The lowest BCUT2D eigenvalue weighted by Crippen LogP contribution is -2.48. The van der Waals surface area contributed by atoms with Gasteiger partial charge in [-0.2, -0.15) is 0 Å². The first-order valence-electron chi connectivity index (χ1n) is 10.7. The Balaban J connectivity index is 1.39. The highest BCUT2D eigenvalue weighted by molar-refractivity contribution is 5.87. The molecule has 2 aliphatic heterocycles. The second-order valence-electron chi connectivity index (χ2n) is 8.42. The summed E-state index contributed by atoms with van der Waals surface area (Å²) < 4.78 is 19.1. The van der Waals surface area contributed by atoms with Gasteiger partial charge in [0.1, 0.15) is 23.7 Å². The molecule has 2 atom stereocenters. The van der Waals surface area contributed by atoms with E-state index in [4.69, 9.17) is 4.74 Å². The SMILES string of the molecule is CC(=O)N1C[C@@H](Oc2ccc(F)cc2)C[C@H]1C(=O)N1CCCN(C2CCC2)CC1. The first-order valence-corrected chi connectivity index (χ1v) is 10.7. The van der Waals surface area contributed by atoms with Crippen molar-refractivity contribution in [2.75, 3.05) is 32.7 Å². The summed E-state index contributed by atoms with van der Waals surface area (Å²) in [6, 6.07) is 6.06. The number of benzene rings is 1. The standard InChI is InChI=1S/C22H30FN3O3/c1-16(27)26-15-20(29-19-8-6-17(23)7-9-19)14-21(26)22(28)25-11-3-10-24(12-13-25)18-4-2-5-18/h6-9,18,20-21H,2-5,10-15H2,1H3/t20-,21-/m0/s1. The molecule has 0 aromatic heterocycles. The number of halogens is 1. The summed E-state index contributed by atoms with van der Waals surface area (Å²) in [5.41, 5.74) is 0. The van der Waals surface area contributed by atoms with E-state index in [1.807, 2.05) is 4.90 Å².